The predicted molar refractivity (Wildman–Crippen MR) is 117 cm³/mol. The van der Waals surface area contributed by atoms with Crippen LogP contribution in [0.4, 0.5) is 4.79 Å². The van der Waals surface area contributed by atoms with Gasteiger partial charge in [-0.15, -0.1) is 0 Å². The van der Waals surface area contributed by atoms with Gasteiger partial charge in [-0.2, -0.15) is 0 Å². The van der Waals surface area contributed by atoms with Crippen LogP contribution in [0, 0.1) is 5.92 Å². The number of amides is 1. The lowest BCUT2D eigenvalue weighted by molar-refractivity contribution is -0.143. The highest BCUT2D eigenvalue weighted by molar-refractivity contribution is 5.79. The Morgan fingerprint density at radius 2 is 1.45 bits per heavy atom. The molecule has 2 aliphatic carbocycles. The molecular weight excluding hydrogens is 390 g/mol. The molecule has 0 saturated carbocycles. The van der Waals surface area contributed by atoms with Gasteiger partial charge in [0, 0.05) is 5.92 Å². The molecule has 156 valence electrons. The molecule has 5 heteroatoms. The zero-order valence-corrected chi connectivity index (χ0v) is 17.0. The minimum absolute atomic E-state index is 0.0351. The minimum Gasteiger partial charge on any atom is -0.481 e. The van der Waals surface area contributed by atoms with Crippen molar-refractivity contribution >= 4 is 12.1 Å². The predicted octanol–water partition coefficient (Wildman–Crippen LogP) is 4.91. The molecular formula is C26H23NO4. The van der Waals surface area contributed by atoms with Crippen LogP contribution in [0.3, 0.4) is 0 Å². The fourth-order valence-electron chi connectivity index (χ4n) is 4.97. The van der Waals surface area contributed by atoms with Crippen LogP contribution in [0.25, 0.3) is 11.1 Å². The minimum atomic E-state index is -0.904. The Labute approximate surface area is 180 Å². The van der Waals surface area contributed by atoms with Crippen molar-refractivity contribution in [2.75, 3.05) is 6.61 Å². The molecule has 0 saturated heterocycles. The molecule has 0 heterocycles. The number of carbonyl (C=O) groups is 2. The second-order valence-electron chi connectivity index (χ2n) is 8.13. The van der Waals surface area contributed by atoms with E-state index < -0.39 is 24.0 Å². The number of carbonyl (C=O) groups excluding carboxylic acids is 1. The van der Waals surface area contributed by atoms with Crippen molar-refractivity contribution in [3.05, 3.63) is 95.1 Å². The number of rotatable bonds is 4. The lowest BCUT2D eigenvalue weighted by atomic mass is 9.80. The molecule has 0 aromatic heterocycles. The highest BCUT2D eigenvalue weighted by Gasteiger charge is 2.36. The average molecular weight is 413 g/mol. The Morgan fingerprint density at radius 1 is 0.871 bits per heavy atom. The number of carboxylic acids is 1. The molecule has 0 radical (unpaired) electrons. The smallest absolute Gasteiger partial charge is 0.407 e. The number of ether oxygens (including phenoxy) is 1. The van der Waals surface area contributed by atoms with Crippen molar-refractivity contribution in [2.45, 2.75) is 24.8 Å². The number of fused-ring (bicyclic) bond motifs is 4. The number of nitrogens with one attached hydrogen (secondary N) is 1. The van der Waals surface area contributed by atoms with E-state index in [4.69, 9.17) is 4.74 Å². The van der Waals surface area contributed by atoms with Crippen molar-refractivity contribution in [1.29, 1.82) is 0 Å². The third-order valence-corrected chi connectivity index (χ3v) is 6.45. The standard InChI is InChI=1S/C26H23NO4/c28-25(29)22-14-13-16-7-1-2-8-17(16)24(22)27-26(30)31-15-23-20-11-5-3-9-18(20)19-10-4-6-12-21(19)23/h1-12,22-24H,13-15H2,(H,27,30)(H,28,29). The summed E-state index contributed by atoms with van der Waals surface area (Å²) in [5.41, 5.74) is 6.54. The normalized spacial score (nSPS) is 19.1. The first-order chi connectivity index (χ1) is 15.1. The summed E-state index contributed by atoms with van der Waals surface area (Å²) in [5, 5.41) is 12.5. The van der Waals surface area contributed by atoms with Gasteiger partial charge in [-0.3, -0.25) is 4.79 Å². The lowest BCUT2D eigenvalue weighted by Crippen LogP contribution is -2.40. The first-order valence-corrected chi connectivity index (χ1v) is 10.6. The molecule has 5 rings (SSSR count). The summed E-state index contributed by atoms with van der Waals surface area (Å²) in [7, 11) is 0. The van der Waals surface area contributed by atoms with E-state index in [1.165, 1.54) is 11.1 Å². The van der Waals surface area contributed by atoms with Gasteiger partial charge in [0.1, 0.15) is 6.61 Å². The average Bonchev–Trinajstić information content (AvgIpc) is 3.11. The molecule has 0 spiro atoms. The summed E-state index contributed by atoms with van der Waals surface area (Å²) in [4.78, 5) is 24.5. The lowest BCUT2D eigenvalue weighted by Gasteiger charge is -2.31. The van der Waals surface area contributed by atoms with Crippen molar-refractivity contribution in [3.8, 4) is 11.1 Å². The van der Waals surface area contributed by atoms with Crippen molar-refractivity contribution < 1.29 is 19.4 Å². The van der Waals surface area contributed by atoms with Crippen LogP contribution >= 0.6 is 0 Å². The van der Waals surface area contributed by atoms with Crippen LogP contribution < -0.4 is 5.32 Å². The van der Waals surface area contributed by atoms with Crippen molar-refractivity contribution in [1.82, 2.24) is 5.32 Å². The van der Waals surface area contributed by atoms with Gasteiger partial charge in [0.05, 0.1) is 12.0 Å². The Morgan fingerprint density at radius 3 is 2.10 bits per heavy atom. The van der Waals surface area contributed by atoms with Gasteiger partial charge in [0.15, 0.2) is 0 Å². The fraction of sp³-hybridized carbons (Fsp3) is 0.231. The molecule has 0 fully saturated rings. The summed E-state index contributed by atoms with van der Waals surface area (Å²) in [6.07, 6.45) is 0.589. The summed E-state index contributed by atoms with van der Waals surface area (Å²) in [6, 6.07) is 23.4. The Kier molecular flexibility index (Phi) is 4.94. The zero-order valence-electron chi connectivity index (χ0n) is 17.0. The topological polar surface area (TPSA) is 75.6 Å². The maximum Gasteiger partial charge on any atom is 0.407 e. The quantitative estimate of drug-likeness (QED) is 0.637. The largest absolute Gasteiger partial charge is 0.481 e. The molecule has 31 heavy (non-hydrogen) atoms. The molecule has 0 bridgehead atoms. The van der Waals surface area contributed by atoms with E-state index in [1.807, 2.05) is 48.5 Å². The van der Waals surface area contributed by atoms with Gasteiger partial charge >= 0.3 is 12.1 Å². The van der Waals surface area contributed by atoms with Crippen molar-refractivity contribution in [3.63, 3.8) is 0 Å². The van der Waals surface area contributed by atoms with E-state index in [0.29, 0.717) is 12.8 Å². The van der Waals surface area contributed by atoms with E-state index in [0.717, 1.165) is 22.3 Å². The van der Waals surface area contributed by atoms with Gasteiger partial charge < -0.3 is 15.2 Å². The second-order valence-corrected chi connectivity index (χ2v) is 8.13. The van der Waals surface area contributed by atoms with Gasteiger partial charge in [0.25, 0.3) is 0 Å². The van der Waals surface area contributed by atoms with Gasteiger partial charge in [-0.05, 0) is 46.2 Å². The molecule has 5 nitrogen and oxygen atoms in total. The van der Waals surface area contributed by atoms with Crippen LogP contribution in [-0.4, -0.2) is 23.8 Å². The van der Waals surface area contributed by atoms with Crippen LogP contribution in [0.5, 0.6) is 0 Å². The van der Waals surface area contributed by atoms with Crippen molar-refractivity contribution in [2.24, 2.45) is 5.92 Å². The first-order valence-electron chi connectivity index (χ1n) is 10.6. The highest BCUT2D eigenvalue weighted by Crippen LogP contribution is 2.44. The maximum absolute atomic E-state index is 12.7. The van der Waals surface area contributed by atoms with Gasteiger partial charge in [-0.25, -0.2) is 4.79 Å². The summed E-state index contributed by atoms with van der Waals surface area (Å²) in [6.45, 7) is 0.200. The van der Waals surface area contributed by atoms with Crippen LogP contribution in [0.1, 0.15) is 40.6 Å². The number of aliphatic carboxylic acids is 1. The number of carboxylic acid groups (broad SMARTS) is 1. The number of hydrogen-bond donors (Lipinski definition) is 2. The summed E-state index contributed by atoms with van der Waals surface area (Å²) in [5.74, 6) is -1.61. The van der Waals surface area contributed by atoms with Gasteiger partial charge in [-0.1, -0.05) is 72.8 Å². The van der Waals surface area contributed by atoms with E-state index in [2.05, 4.69) is 29.6 Å². The molecule has 3 aromatic rings. The monoisotopic (exact) mass is 413 g/mol. The third-order valence-electron chi connectivity index (χ3n) is 6.45. The number of aryl methyl sites for hydroxylation is 1. The number of alkyl carbamates (subject to hydrolysis) is 1. The van der Waals surface area contributed by atoms with Crippen LogP contribution in [0.15, 0.2) is 72.8 Å². The van der Waals surface area contributed by atoms with Crippen LogP contribution in [-0.2, 0) is 16.0 Å². The Balaban J connectivity index is 1.34. The Hall–Kier alpha value is -3.60. The molecule has 1 amide bonds. The number of hydrogen-bond acceptors (Lipinski definition) is 3. The third kappa shape index (κ3) is 3.46. The molecule has 3 aromatic carbocycles. The first kappa shape index (κ1) is 19.4. The molecule has 2 N–H and O–H groups in total. The molecule has 0 aliphatic heterocycles. The maximum atomic E-state index is 12.7. The highest BCUT2D eigenvalue weighted by atomic mass is 16.5. The zero-order chi connectivity index (χ0) is 21.4. The SMILES string of the molecule is O=C(NC1c2ccccc2CCC1C(=O)O)OCC1c2ccccc2-c2ccccc21. The summed E-state index contributed by atoms with van der Waals surface area (Å²) < 4.78 is 5.64. The fourth-order valence-corrected chi connectivity index (χ4v) is 4.97. The van der Waals surface area contributed by atoms with Crippen LogP contribution in [0.2, 0.25) is 0 Å². The second kappa shape index (κ2) is 7.91. The van der Waals surface area contributed by atoms with Gasteiger partial charge in [0.2, 0.25) is 0 Å². The molecule has 2 unspecified atom stereocenters. The summed E-state index contributed by atoms with van der Waals surface area (Å²) >= 11 is 0. The van der Waals surface area contributed by atoms with E-state index in [-0.39, 0.29) is 12.5 Å². The van der Waals surface area contributed by atoms with E-state index in [9.17, 15) is 14.7 Å². The molecule has 2 atom stereocenters. The van der Waals surface area contributed by atoms with E-state index >= 15 is 0 Å². The number of benzene rings is 3. The Bertz CT molecular complexity index is 1110. The van der Waals surface area contributed by atoms with E-state index in [1.54, 1.807) is 0 Å². The molecule has 2 aliphatic rings.